The zero-order valence-corrected chi connectivity index (χ0v) is 24.8. The third-order valence-electron chi connectivity index (χ3n) is 7.63. The first-order valence-electron chi connectivity index (χ1n) is 14.0. The van der Waals surface area contributed by atoms with Gasteiger partial charge in [0.25, 0.3) is 0 Å². The first kappa shape index (κ1) is 29.7. The second kappa shape index (κ2) is 11.5. The van der Waals surface area contributed by atoms with Crippen molar-refractivity contribution in [3.05, 3.63) is 99.4 Å². The number of esters is 1. The minimum absolute atomic E-state index is 0.189. The summed E-state index contributed by atoms with van der Waals surface area (Å²) in [6, 6.07) is 18.9. The molecular weight excluding hydrogens is 552 g/mol. The SMILES string of the molecule is CC(C)(OC(=O)c1ccccc1)C1Cc2cc3ccc(=O)oc3cc2O1.COc1c(C(=O)O)ccc2c1CCC(C)(C)O2. The molecule has 43 heavy (non-hydrogen) atoms. The smallest absolute Gasteiger partial charge is 0.339 e. The molecule has 1 N–H and O–H groups in total. The molecule has 0 amide bonds. The number of methoxy groups -OCH3 is 1. The van der Waals surface area contributed by atoms with Crippen LogP contribution in [0, 0.1) is 0 Å². The topological polar surface area (TPSA) is 122 Å². The fourth-order valence-electron chi connectivity index (χ4n) is 5.25. The van der Waals surface area contributed by atoms with Gasteiger partial charge in [0, 0.05) is 29.5 Å². The van der Waals surface area contributed by atoms with Crippen LogP contribution in [0.15, 0.2) is 75.9 Å². The molecule has 9 heteroatoms. The van der Waals surface area contributed by atoms with Crippen molar-refractivity contribution < 1.29 is 38.1 Å². The van der Waals surface area contributed by atoms with Gasteiger partial charge in [-0.25, -0.2) is 14.4 Å². The number of carbonyl (C=O) groups excluding carboxylic acids is 1. The fraction of sp³-hybridized carbons (Fsp3) is 0.324. The number of carboxylic acid groups (broad SMARTS) is 1. The molecule has 9 nitrogen and oxygen atoms in total. The Morgan fingerprint density at radius 2 is 1.74 bits per heavy atom. The summed E-state index contributed by atoms with van der Waals surface area (Å²) in [5.41, 5.74) is 1.60. The second-order valence-corrected chi connectivity index (χ2v) is 11.7. The quantitative estimate of drug-likeness (QED) is 0.214. The van der Waals surface area contributed by atoms with Gasteiger partial charge in [0.2, 0.25) is 0 Å². The summed E-state index contributed by atoms with van der Waals surface area (Å²) in [7, 11) is 1.49. The van der Waals surface area contributed by atoms with E-state index < -0.39 is 17.2 Å². The van der Waals surface area contributed by atoms with Crippen molar-refractivity contribution in [3.8, 4) is 17.2 Å². The Morgan fingerprint density at radius 3 is 2.44 bits per heavy atom. The van der Waals surface area contributed by atoms with Crippen molar-refractivity contribution in [2.45, 2.75) is 64.3 Å². The van der Waals surface area contributed by atoms with Crippen molar-refractivity contribution in [1.82, 2.24) is 0 Å². The molecule has 1 aromatic heterocycles. The van der Waals surface area contributed by atoms with Crippen molar-refractivity contribution >= 4 is 22.9 Å². The van der Waals surface area contributed by atoms with E-state index in [1.807, 2.05) is 39.8 Å². The maximum atomic E-state index is 12.4. The molecule has 0 saturated carbocycles. The number of hydrogen-bond donors (Lipinski definition) is 1. The lowest BCUT2D eigenvalue weighted by atomic mass is 9.92. The van der Waals surface area contributed by atoms with E-state index in [4.69, 9.17) is 28.5 Å². The van der Waals surface area contributed by atoms with Gasteiger partial charge in [-0.1, -0.05) is 18.2 Å². The number of rotatable bonds is 5. The summed E-state index contributed by atoms with van der Waals surface area (Å²) in [5, 5.41) is 9.92. The third kappa shape index (κ3) is 6.35. The van der Waals surface area contributed by atoms with Gasteiger partial charge in [0.15, 0.2) is 0 Å². The van der Waals surface area contributed by atoms with Crippen molar-refractivity contribution in [2.75, 3.05) is 7.11 Å². The highest BCUT2D eigenvalue weighted by Gasteiger charge is 2.40. The number of carboxylic acids is 1. The maximum absolute atomic E-state index is 12.4. The zero-order chi connectivity index (χ0) is 30.9. The minimum atomic E-state index is -0.977. The standard InChI is InChI=1S/C21H18O5.C13H16O4/c1-21(2,26-20(23)13-6-4-3-5-7-13)18-11-15-10-14-8-9-19(22)25-16(14)12-17(15)24-18;1-13(2)7-6-8-10(17-13)5-4-9(12(14)15)11(8)16-3/h3-10,12,18H,11H2,1-2H3;4-5H,6-7H2,1-3H3,(H,14,15). The molecule has 6 rings (SSSR count). The number of ether oxygens (including phenoxy) is 4. The first-order valence-corrected chi connectivity index (χ1v) is 14.0. The van der Waals surface area contributed by atoms with Gasteiger partial charge in [-0.15, -0.1) is 0 Å². The molecule has 0 spiro atoms. The van der Waals surface area contributed by atoms with Crippen LogP contribution in [0.2, 0.25) is 0 Å². The predicted molar refractivity (Wildman–Crippen MR) is 160 cm³/mol. The molecule has 0 bridgehead atoms. The molecular formula is C34H34O9. The van der Waals surface area contributed by atoms with Crippen LogP contribution in [0.5, 0.6) is 17.2 Å². The van der Waals surface area contributed by atoms with Crippen LogP contribution in [0.3, 0.4) is 0 Å². The van der Waals surface area contributed by atoms with E-state index in [1.165, 1.54) is 19.2 Å². The first-order chi connectivity index (χ1) is 20.4. The van der Waals surface area contributed by atoms with Crippen LogP contribution in [0.4, 0.5) is 0 Å². The van der Waals surface area contributed by atoms with Gasteiger partial charge in [-0.2, -0.15) is 0 Å². The van der Waals surface area contributed by atoms with E-state index in [0.29, 0.717) is 29.1 Å². The van der Waals surface area contributed by atoms with Crippen LogP contribution < -0.4 is 19.8 Å². The van der Waals surface area contributed by atoms with Crippen molar-refractivity contribution in [1.29, 1.82) is 0 Å². The highest BCUT2D eigenvalue weighted by atomic mass is 16.6. The van der Waals surface area contributed by atoms with Gasteiger partial charge < -0.3 is 28.5 Å². The Kier molecular flexibility index (Phi) is 7.92. The van der Waals surface area contributed by atoms with Crippen LogP contribution >= 0.6 is 0 Å². The maximum Gasteiger partial charge on any atom is 0.339 e. The molecule has 2 aliphatic heterocycles. The molecule has 4 aromatic rings. The summed E-state index contributed by atoms with van der Waals surface area (Å²) >= 11 is 0. The molecule has 3 heterocycles. The number of hydrogen-bond acceptors (Lipinski definition) is 8. The summed E-state index contributed by atoms with van der Waals surface area (Å²) < 4.78 is 28.0. The van der Waals surface area contributed by atoms with Crippen LogP contribution in [-0.2, 0) is 17.6 Å². The summed E-state index contributed by atoms with van der Waals surface area (Å²) in [5.74, 6) is 0.440. The summed E-state index contributed by atoms with van der Waals surface area (Å²) in [6.07, 6.45) is 1.90. The Labute approximate surface area is 249 Å². The second-order valence-electron chi connectivity index (χ2n) is 11.7. The average Bonchev–Trinajstić information content (AvgIpc) is 3.39. The van der Waals surface area contributed by atoms with Gasteiger partial charge in [0.1, 0.15) is 45.7 Å². The van der Waals surface area contributed by atoms with Crippen LogP contribution in [-0.4, -0.2) is 41.5 Å². The van der Waals surface area contributed by atoms with Crippen molar-refractivity contribution in [3.63, 3.8) is 0 Å². The monoisotopic (exact) mass is 586 g/mol. The van der Waals surface area contributed by atoms with Gasteiger partial charge in [-0.3, -0.25) is 0 Å². The summed E-state index contributed by atoms with van der Waals surface area (Å²) in [4.78, 5) is 34.9. The molecule has 2 aliphatic rings. The lowest BCUT2D eigenvalue weighted by Crippen LogP contribution is -2.43. The lowest BCUT2D eigenvalue weighted by molar-refractivity contribution is -0.0517. The Hall–Kier alpha value is -4.79. The molecule has 1 unspecified atom stereocenters. The highest BCUT2D eigenvalue weighted by molar-refractivity contribution is 5.92. The molecule has 224 valence electrons. The van der Waals surface area contributed by atoms with E-state index in [1.54, 1.807) is 42.5 Å². The number of aromatic carboxylic acids is 1. The van der Waals surface area contributed by atoms with Gasteiger partial charge >= 0.3 is 17.6 Å². The highest BCUT2D eigenvalue weighted by Crippen LogP contribution is 2.40. The van der Waals surface area contributed by atoms with Crippen LogP contribution in [0.25, 0.3) is 11.0 Å². The molecule has 0 radical (unpaired) electrons. The zero-order valence-electron chi connectivity index (χ0n) is 24.8. The number of benzene rings is 3. The Morgan fingerprint density at radius 1 is 1.00 bits per heavy atom. The van der Waals surface area contributed by atoms with E-state index in [9.17, 15) is 14.4 Å². The Balaban J connectivity index is 0.000000188. The molecule has 0 fully saturated rings. The summed E-state index contributed by atoms with van der Waals surface area (Å²) in [6.45, 7) is 7.72. The predicted octanol–water partition coefficient (Wildman–Crippen LogP) is 6.23. The Bertz CT molecular complexity index is 1730. The van der Waals surface area contributed by atoms with Gasteiger partial charge in [-0.05, 0) is 82.5 Å². The normalized spacial score (nSPS) is 16.4. The largest absolute Gasteiger partial charge is 0.495 e. The average molecular weight is 587 g/mol. The number of carbonyl (C=O) groups is 2. The fourth-order valence-corrected chi connectivity index (χ4v) is 5.25. The van der Waals surface area contributed by atoms with E-state index in [2.05, 4.69) is 0 Å². The van der Waals surface area contributed by atoms with E-state index in [-0.39, 0.29) is 23.2 Å². The van der Waals surface area contributed by atoms with Crippen molar-refractivity contribution in [2.24, 2.45) is 0 Å². The minimum Gasteiger partial charge on any atom is -0.495 e. The molecule has 0 aliphatic carbocycles. The lowest BCUT2D eigenvalue weighted by Gasteiger charge is -2.33. The van der Waals surface area contributed by atoms with Crippen LogP contribution in [0.1, 0.15) is 66.0 Å². The third-order valence-corrected chi connectivity index (χ3v) is 7.63. The molecule has 3 aromatic carbocycles. The van der Waals surface area contributed by atoms with E-state index >= 15 is 0 Å². The molecule has 1 atom stereocenters. The molecule has 0 saturated heterocycles. The number of fused-ring (bicyclic) bond motifs is 3. The van der Waals surface area contributed by atoms with E-state index in [0.717, 1.165) is 35.1 Å². The van der Waals surface area contributed by atoms with Gasteiger partial charge in [0.05, 0.1) is 12.7 Å².